The molecule has 2 rings (SSSR count). The van der Waals surface area contributed by atoms with Crippen LogP contribution in [0, 0.1) is 6.92 Å². The molecule has 2 N–H and O–H groups in total. The van der Waals surface area contributed by atoms with Crippen LogP contribution >= 0.6 is 0 Å². The summed E-state index contributed by atoms with van der Waals surface area (Å²) in [4.78, 5) is 4.15. The summed E-state index contributed by atoms with van der Waals surface area (Å²) in [6, 6.07) is 4.10. The number of hydrogen-bond donors (Lipinski definition) is 1. The Morgan fingerprint density at radius 1 is 1.44 bits per heavy atom. The van der Waals surface area contributed by atoms with E-state index in [0.717, 1.165) is 24.1 Å². The minimum absolute atomic E-state index is 0.0289. The normalized spacial score (nSPS) is 12.7. The third-order valence-corrected chi connectivity index (χ3v) is 3.30. The van der Waals surface area contributed by atoms with Crippen molar-refractivity contribution in [3.8, 4) is 0 Å². The van der Waals surface area contributed by atoms with Crippen LogP contribution in [0.3, 0.4) is 0 Å². The van der Waals surface area contributed by atoms with Crippen molar-refractivity contribution in [2.24, 2.45) is 12.8 Å². The molecule has 2 heterocycles. The number of aryl methyl sites for hydroxylation is 3. The molecule has 0 aliphatic heterocycles. The van der Waals surface area contributed by atoms with Crippen molar-refractivity contribution in [1.29, 1.82) is 0 Å². The van der Waals surface area contributed by atoms with Gasteiger partial charge in [-0.2, -0.15) is 5.10 Å². The fraction of sp³-hybridized carbons (Fsp3) is 0.429. The van der Waals surface area contributed by atoms with Crippen LogP contribution in [-0.2, 0) is 19.9 Å². The van der Waals surface area contributed by atoms with Crippen LogP contribution in [0.1, 0.15) is 35.5 Å². The lowest BCUT2D eigenvalue weighted by Gasteiger charge is -2.13. The quantitative estimate of drug-likeness (QED) is 0.894. The second-order valence-corrected chi connectivity index (χ2v) is 4.65. The molecule has 0 spiro atoms. The van der Waals surface area contributed by atoms with E-state index in [9.17, 15) is 0 Å². The third-order valence-electron chi connectivity index (χ3n) is 3.30. The van der Waals surface area contributed by atoms with Crippen molar-refractivity contribution in [2.75, 3.05) is 0 Å². The fourth-order valence-corrected chi connectivity index (χ4v) is 2.13. The highest BCUT2D eigenvalue weighted by atomic mass is 15.3. The van der Waals surface area contributed by atoms with Crippen molar-refractivity contribution in [2.45, 2.75) is 32.7 Å². The summed E-state index contributed by atoms with van der Waals surface area (Å²) < 4.78 is 1.92. The average molecular weight is 244 g/mol. The van der Waals surface area contributed by atoms with Gasteiger partial charge in [0.25, 0.3) is 0 Å². The third kappa shape index (κ3) is 2.59. The number of rotatable bonds is 4. The minimum atomic E-state index is -0.0289. The van der Waals surface area contributed by atoms with Crippen LogP contribution in [0.4, 0.5) is 0 Å². The minimum Gasteiger partial charge on any atom is -0.324 e. The molecule has 0 fully saturated rings. The highest BCUT2D eigenvalue weighted by Crippen LogP contribution is 2.18. The number of nitrogens with zero attached hydrogens (tertiary/aromatic N) is 3. The van der Waals surface area contributed by atoms with E-state index in [0.29, 0.717) is 0 Å². The van der Waals surface area contributed by atoms with Crippen LogP contribution < -0.4 is 5.73 Å². The van der Waals surface area contributed by atoms with Crippen LogP contribution in [0.5, 0.6) is 0 Å². The van der Waals surface area contributed by atoms with E-state index in [4.69, 9.17) is 5.73 Å². The number of hydrogen-bond acceptors (Lipinski definition) is 3. The first-order valence-electron chi connectivity index (χ1n) is 6.29. The topological polar surface area (TPSA) is 56.7 Å². The first-order chi connectivity index (χ1) is 8.61. The molecule has 4 nitrogen and oxygen atoms in total. The molecule has 96 valence electrons. The predicted octanol–water partition coefficient (Wildman–Crippen LogP) is 1.93. The number of pyridine rings is 1. The zero-order valence-corrected chi connectivity index (χ0v) is 11.2. The average Bonchev–Trinajstić information content (AvgIpc) is 2.70. The van der Waals surface area contributed by atoms with E-state index in [2.05, 4.69) is 30.0 Å². The largest absolute Gasteiger partial charge is 0.324 e. The van der Waals surface area contributed by atoms with Gasteiger partial charge in [0.05, 0.1) is 5.69 Å². The monoisotopic (exact) mass is 244 g/mol. The Labute approximate surface area is 108 Å². The predicted molar refractivity (Wildman–Crippen MR) is 72.2 cm³/mol. The first-order valence-corrected chi connectivity index (χ1v) is 6.29. The second-order valence-electron chi connectivity index (χ2n) is 4.65. The number of nitrogens with two attached hydrogens (primary N) is 1. The smallest absolute Gasteiger partial charge is 0.0624 e. The number of aromatic nitrogens is 3. The molecular formula is C14H20N4. The summed E-state index contributed by atoms with van der Waals surface area (Å²) in [5.41, 5.74) is 10.8. The Hall–Kier alpha value is -1.68. The molecule has 0 aliphatic rings. The van der Waals surface area contributed by atoms with E-state index in [1.807, 2.05) is 24.0 Å². The molecular weight excluding hydrogens is 224 g/mol. The van der Waals surface area contributed by atoms with Gasteiger partial charge in [-0.05, 0) is 36.6 Å². The second kappa shape index (κ2) is 5.31. The fourth-order valence-electron chi connectivity index (χ4n) is 2.13. The van der Waals surface area contributed by atoms with Crippen molar-refractivity contribution < 1.29 is 0 Å². The Balaban J connectivity index is 2.18. The van der Waals surface area contributed by atoms with Crippen molar-refractivity contribution >= 4 is 0 Å². The van der Waals surface area contributed by atoms with Crippen molar-refractivity contribution in [3.63, 3.8) is 0 Å². The lowest BCUT2D eigenvalue weighted by atomic mass is 10.0. The molecule has 0 amide bonds. The highest BCUT2D eigenvalue weighted by molar-refractivity contribution is 5.26. The summed E-state index contributed by atoms with van der Waals surface area (Å²) >= 11 is 0. The van der Waals surface area contributed by atoms with Gasteiger partial charge in [0.1, 0.15) is 0 Å². The molecule has 2 aromatic rings. The molecule has 4 heteroatoms. The van der Waals surface area contributed by atoms with Crippen LogP contribution in [-0.4, -0.2) is 14.8 Å². The molecule has 0 saturated heterocycles. The molecule has 1 unspecified atom stereocenters. The van der Waals surface area contributed by atoms with E-state index < -0.39 is 0 Å². The van der Waals surface area contributed by atoms with Crippen LogP contribution in [0.2, 0.25) is 0 Å². The lowest BCUT2D eigenvalue weighted by Crippen LogP contribution is -2.16. The van der Waals surface area contributed by atoms with Crippen LogP contribution in [0.15, 0.2) is 24.5 Å². The van der Waals surface area contributed by atoms with E-state index in [1.165, 1.54) is 11.3 Å². The van der Waals surface area contributed by atoms with E-state index in [-0.39, 0.29) is 6.04 Å². The molecule has 0 aliphatic carbocycles. The molecule has 2 aromatic heterocycles. The van der Waals surface area contributed by atoms with Gasteiger partial charge in [-0.25, -0.2) is 0 Å². The van der Waals surface area contributed by atoms with E-state index in [1.54, 1.807) is 6.20 Å². The van der Waals surface area contributed by atoms with Gasteiger partial charge in [0, 0.05) is 37.6 Å². The summed E-state index contributed by atoms with van der Waals surface area (Å²) in [5, 5.41) is 4.44. The van der Waals surface area contributed by atoms with Gasteiger partial charge in [-0.15, -0.1) is 0 Å². The summed E-state index contributed by atoms with van der Waals surface area (Å²) in [6.45, 7) is 4.18. The van der Waals surface area contributed by atoms with Gasteiger partial charge in [-0.1, -0.05) is 6.92 Å². The summed E-state index contributed by atoms with van der Waals surface area (Å²) in [7, 11) is 1.97. The summed E-state index contributed by atoms with van der Waals surface area (Å²) in [5.74, 6) is 0. The van der Waals surface area contributed by atoms with Gasteiger partial charge in [0.15, 0.2) is 0 Å². The van der Waals surface area contributed by atoms with Crippen LogP contribution in [0.25, 0.3) is 0 Å². The van der Waals surface area contributed by atoms with Crippen molar-refractivity contribution in [3.05, 3.63) is 47.0 Å². The summed E-state index contributed by atoms with van der Waals surface area (Å²) in [6.07, 6.45) is 5.40. The molecule has 1 atom stereocenters. The zero-order valence-electron chi connectivity index (χ0n) is 11.2. The molecule has 18 heavy (non-hydrogen) atoms. The molecule has 0 saturated carbocycles. The molecule has 0 radical (unpaired) electrons. The van der Waals surface area contributed by atoms with Gasteiger partial charge in [-0.3, -0.25) is 9.67 Å². The van der Waals surface area contributed by atoms with Crippen molar-refractivity contribution in [1.82, 2.24) is 14.8 Å². The lowest BCUT2D eigenvalue weighted by molar-refractivity contribution is 0.634. The maximum absolute atomic E-state index is 6.27. The molecule has 0 aromatic carbocycles. The maximum atomic E-state index is 6.27. The van der Waals surface area contributed by atoms with E-state index >= 15 is 0 Å². The Kier molecular flexibility index (Phi) is 3.77. The maximum Gasteiger partial charge on any atom is 0.0624 e. The Bertz CT molecular complexity index is 530. The SMILES string of the molecule is CCc1cc(CC(N)c2cnccc2C)n(C)n1. The highest BCUT2D eigenvalue weighted by Gasteiger charge is 2.13. The standard InChI is InChI=1S/C14H20N4/c1-4-11-7-12(18(3)17-11)8-14(15)13-9-16-6-5-10(13)2/h5-7,9,14H,4,8,15H2,1-3H3. The molecule has 0 bridgehead atoms. The zero-order chi connectivity index (χ0) is 13.1. The van der Waals surface area contributed by atoms with Gasteiger partial charge < -0.3 is 5.73 Å². The van der Waals surface area contributed by atoms with Gasteiger partial charge in [0.2, 0.25) is 0 Å². The Morgan fingerprint density at radius 3 is 2.83 bits per heavy atom. The Morgan fingerprint density at radius 2 is 2.22 bits per heavy atom. The first kappa shape index (κ1) is 12.8. The van der Waals surface area contributed by atoms with Gasteiger partial charge >= 0.3 is 0 Å².